The van der Waals surface area contributed by atoms with Gasteiger partial charge in [-0.3, -0.25) is 4.98 Å². The molecule has 0 aliphatic heterocycles. The molecule has 0 aromatic carbocycles. The van der Waals surface area contributed by atoms with E-state index >= 15 is 0 Å². The average molecular weight is 178 g/mol. The van der Waals surface area contributed by atoms with Crippen LogP contribution in [0.2, 0.25) is 0 Å². The topological polar surface area (TPSA) is 24.9 Å². The molecule has 2 nitrogen and oxygen atoms in total. The Hall–Kier alpha value is -1.05. The molecule has 0 unspecified atom stereocenters. The monoisotopic (exact) mass is 178 g/mol. The van der Waals surface area contributed by atoms with Crippen molar-refractivity contribution in [3.05, 3.63) is 24.0 Å². The van der Waals surface area contributed by atoms with Crippen molar-refractivity contribution >= 4 is 5.69 Å². The van der Waals surface area contributed by atoms with Crippen molar-refractivity contribution in [3.8, 4) is 0 Å². The van der Waals surface area contributed by atoms with Crippen LogP contribution in [0, 0.1) is 12.3 Å². The molecule has 1 aromatic heterocycles. The second-order valence-corrected chi connectivity index (χ2v) is 4.60. The molecule has 13 heavy (non-hydrogen) atoms. The van der Waals surface area contributed by atoms with Crippen molar-refractivity contribution in [2.45, 2.75) is 27.7 Å². The number of hydrogen-bond donors (Lipinski definition) is 1. The Morgan fingerprint density at radius 3 is 2.46 bits per heavy atom. The van der Waals surface area contributed by atoms with Crippen molar-refractivity contribution in [1.29, 1.82) is 0 Å². The SMILES string of the molecule is Cc1ccc(NCC(C)(C)C)cn1. The van der Waals surface area contributed by atoms with Crippen LogP contribution in [0.1, 0.15) is 26.5 Å². The Morgan fingerprint density at radius 2 is 2.00 bits per heavy atom. The Kier molecular flexibility index (Phi) is 2.91. The third-order valence-electron chi connectivity index (χ3n) is 1.73. The van der Waals surface area contributed by atoms with E-state index < -0.39 is 0 Å². The van der Waals surface area contributed by atoms with E-state index in [1.165, 1.54) is 0 Å². The molecule has 1 heterocycles. The number of nitrogens with zero attached hydrogens (tertiary/aromatic N) is 1. The summed E-state index contributed by atoms with van der Waals surface area (Å²) >= 11 is 0. The third-order valence-corrected chi connectivity index (χ3v) is 1.73. The Bertz CT molecular complexity index is 256. The minimum Gasteiger partial charge on any atom is -0.383 e. The minimum absolute atomic E-state index is 0.310. The lowest BCUT2D eigenvalue weighted by molar-refractivity contribution is 0.443. The molecule has 2 heteroatoms. The van der Waals surface area contributed by atoms with Crippen LogP contribution in [-0.4, -0.2) is 11.5 Å². The fourth-order valence-electron chi connectivity index (χ4n) is 0.940. The molecule has 0 spiro atoms. The van der Waals surface area contributed by atoms with Crippen LogP contribution >= 0.6 is 0 Å². The van der Waals surface area contributed by atoms with E-state index in [0.29, 0.717) is 5.41 Å². The second-order valence-electron chi connectivity index (χ2n) is 4.60. The van der Waals surface area contributed by atoms with Crippen LogP contribution < -0.4 is 5.32 Å². The highest BCUT2D eigenvalue weighted by molar-refractivity contribution is 5.40. The molecule has 0 amide bonds. The van der Waals surface area contributed by atoms with Crippen molar-refractivity contribution in [2.24, 2.45) is 5.41 Å². The third kappa shape index (κ3) is 3.92. The van der Waals surface area contributed by atoms with Gasteiger partial charge in [-0.2, -0.15) is 0 Å². The lowest BCUT2D eigenvalue weighted by Crippen LogP contribution is -2.19. The van der Waals surface area contributed by atoms with Crippen LogP contribution in [0.15, 0.2) is 18.3 Å². The van der Waals surface area contributed by atoms with Gasteiger partial charge >= 0.3 is 0 Å². The molecule has 72 valence electrons. The summed E-state index contributed by atoms with van der Waals surface area (Å²) in [6.07, 6.45) is 1.88. The molecule has 0 aliphatic rings. The van der Waals surface area contributed by atoms with E-state index in [2.05, 4.69) is 37.1 Å². The average Bonchev–Trinajstić information content (AvgIpc) is 2.02. The van der Waals surface area contributed by atoms with E-state index in [4.69, 9.17) is 0 Å². The predicted octanol–water partition coefficient (Wildman–Crippen LogP) is 2.85. The standard InChI is InChI=1S/C11H18N2/c1-9-5-6-10(7-12-9)13-8-11(2,3)4/h5-7,13H,8H2,1-4H3. The van der Waals surface area contributed by atoms with Crippen LogP contribution in [0.5, 0.6) is 0 Å². The zero-order chi connectivity index (χ0) is 9.90. The first kappa shape index (κ1) is 10.0. The van der Waals surface area contributed by atoms with Gasteiger partial charge in [0.1, 0.15) is 0 Å². The first-order valence-corrected chi connectivity index (χ1v) is 4.64. The van der Waals surface area contributed by atoms with Crippen LogP contribution in [0.25, 0.3) is 0 Å². The maximum atomic E-state index is 4.22. The second kappa shape index (κ2) is 3.77. The summed E-state index contributed by atoms with van der Waals surface area (Å²) in [5.74, 6) is 0. The van der Waals surface area contributed by atoms with Gasteiger partial charge < -0.3 is 5.32 Å². The normalized spacial score (nSPS) is 11.4. The fraction of sp³-hybridized carbons (Fsp3) is 0.545. The Balaban J connectivity index is 2.51. The number of pyridine rings is 1. The molecule has 0 bridgehead atoms. The molecular weight excluding hydrogens is 160 g/mol. The van der Waals surface area contributed by atoms with Gasteiger partial charge in [-0.25, -0.2) is 0 Å². The summed E-state index contributed by atoms with van der Waals surface area (Å²) in [6, 6.07) is 4.08. The van der Waals surface area contributed by atoms with Gasteiger partial charge in [0.15, 0.2) is 0 Å². The number of aromatic nitrogens is 1. The van der Waals surface area contributed by atoms with Gasteiger partial charge in [-0.15, -0.1) is 0 Å². The largest absolute Gasteiger partial charge is 0.383 e. The van der Waals surface area contributed by atoms with Gasteiger partial charge in [-0.1, -0.05) is 20.8 Å². The quantitative estimate of drug-likeness (QED) is 0.753. The summed E-state index contributed by atoms with van der Waals surface area (Å²) in [7, 11) is 0. The molecule has 1 rings (SSSR count). The number of anilines is 1. The van der Waals surface area contributed by atoms with Gasteiger partial charge in [0, 0.05) is 12.2 Å². The smallest absolute Gasteiger partial charge is 0.0527 e. The molecule has 1 aromatic rings. The number of aryl methyl sites for hydroxylation is 1. The molecule has 1 N–H and O–H groups in total. The van der Waals surface area contributed by atoms with Crippen LogP contribution in [-0.2, 0) is 0 Å². The van der Waals surface area contributed by atoms with Gasteiger partial charge in [0.2, 0.25) is 0 Å². The highest BCUT2D eigenvalue weighted by Gasteiger charge is 2.08. The summed E-state index contributed by atoms with van der Waals surface area (Å²) in [5, 5.41) is 3.35. The number of nitrogens with one attached hydrogen (secondary N) is 1. The van der Waals surface area contributed by atoms with Crippen molar-refractivity contribution in [1.82, 2.24) is 4.98 Å². The molecule has 0 saturated heterocycles. The number of rotatable bonds is 2. The zero-order valence-electron chi connectivity index (χ0n) is 8.89. The van der Waals surface area contributed by atoms with Gasteiger partial charge in [0.05, 0.1) is 11.9 Å². The fourth-order valence-corrected chi connectivity index (χ4v) is 0.940. The van der Waals surface area contributed by atoms with E-state index in [0.717, 1.165) is 17.9 Å². The summed E-state index contributed by atoms with van der Waals surface area (Å²) in [4.78, 5) is 4.22. The van der Waals surface area contributed by atoms with E-state index in [1.54, 1.807) is 0 Å². The molecular formula is C11H18N2. The molecule has 0 fully saturated rings. The van der Waals surface area contributed by atoms with Crippen molar-refractivity contribution in [2.75, 3.05) is 11.9 Å². The first-order valence-electron chi connectivity index (χ1n) is 4.64. The van der Waals surface area contributed by atoms with Crippen LogP contribution in [0.3, 0.4) is 0 Å². The molecule has 0 aliphatic carbocycles. The molecule has 0 atom stereocenters. The lowest BCUT2D eigenvalue weighted by atomic mass is 9.97. The van der Waals surface area contributed by atoms with Gasteiger partial charge in [-0.05, 0) is 24.5 Å². The van der Waals surface area contributed by atoms with Crippen molar-refractivity contribution < 1.29 is 0 Å². The van der Waals surface area contributed by atoms with Crippen molar-refractivity contribution in [3.63, 3.8) is 0 Å². The Labute approximate surface area is 80.4 Å². The summed E-state index contributed by atoms with van der Waals surface area (Å²) in [5.41, 5.74) is 2.46. The lowest BCUT2D eigenvalue weighted by Gasteiger charge is -2.19. The number of hydrogen-bond acceptors (Lipinski definition) is 2. The first-order chi connectivity index (χ1) is 5.97. The predicted molar refractivity (Wildman–Crippen MR) is 56.9 cm³/mol. The van der Waals surface area contributed by atoms with E-state index in [1.807, 2.05) is 19.2 Å². The summed E-state index contributed by atoms with van der Waals surface area (Å²) in [6.45, 7) is 9.59. The Morgan fingerprint density at radius 1 is 1.31 bits per heavy atom. The summed E-state index contributed by atoms with van der Waals surface area (Å²) < 4.78 is 0. The highest BCUT2D eigenvalue weighted by atomic mass is 14.9. The van der Waals surface area contributed by atoms with E-state index in [9.17, 15) is 0 Å². The molecule has 0 radical (unpaired) electrons. The maximum Gasteiger partial charge on any atom is 0.0527 e. The minimum atomic E-state index is 0.310. The van der Waals surface area contributed by atoms with Gasteiger partial charge in [0.25, 0.3) is 0 Å². The maximum absolute atomic E-state index is 4.22. The van der Waals surface area contributed by atoms with Crippen LogP contribution in [0.4, 0.5) is 5.69 Å². The zero-order valence-corrected chi connectivity index (χ0v) is 8.89. The molecule has 0 saturated carbocycles. The van der Waals surface area contributed by atoms with E-state index in [-0.39, 0.29) is 0 Å². The highest BCUT2D eigenvalue weighted by Crippen LogP contribution is 2.14.